The van der Waals surface area contributed by atoms with Crippen LogP contribution in [-0.2, 0) is 102 Å². The first-order valence-electron chi connectivity index (χ1n) is 33.6. The Hall–Kier alpha value is -6.12. The molecule has 0 aliphatic carbocycles. The lowest BCUT2D eigenvalue weighted by molar-refractivity contribution is -0.146. The van der Waals surface area contributed by atoms with E-state index < -0.39 is 0 Å². The molecule has 1 aromatic carbocycles. The lowest BCUT2D eigenvalue weighted by atomic mass is 10.2. The summed E-state index contributed by atoms with van der Waals surface area (Å²) < 4.78 is 52.8. The summed E-state index contributed by atoms with van der Waals surface area (Å²) in [6.07, 6.45) is 24.3. The molecule has 0 aliphatic rings. The molecule has 0 bridgehead atoms. The Bertz CT molecular complexity index is 2010. The Morgan fingerprint density at radius 3 is 0.562 bits per heavy atom. The Labute approximate surface area is 530 Å². The summed E-state index contributed by atoms with van der Waals surface area (Å²) in [6.45, 7) is 3.22. The van der Waals surface area contributed by atoms with E-state index in [1.165, 1.54) is 0 Å². The lowest BCUT2D eigenvalue weighted by Gasteiger charge is -2.07. The first-order valence-corrected chi connectivity index (χ1v) is 33.6. The van der Waals surface area contributed by atoms with Gasteiger partial charge in [-0.05, 0) is 192 Å². The molecule has 21 heteroatoms. The van der Waals surface area contributed by atoms with Gasteiger partial charge >= 0.3 is 59.7 Å². The highest BCUT2D eigenvalue weighted by Crippen LogP contribution is 2.13. The highest BCUT2D eigenvalue weighted by Gasteiger charge is 2.12. The number of carbonyl (C=O) groups excluding carboxylic acids is 10. The van der Waals surface area contributed by atoms with Crippen LogP contribution < -0.4 is 0 Å². The van der Waals surface area contributed by atoms with E-state index in [-0.39, 0.29) is 112 Å². The van der Waals surface area contributed by atoms with Crippen molar-refractivity contribution in [1.29, 1.82) is 0 Å². The van der Waals surface area contributed by atoms with Gasteiger partial charge in [0.25, 0.3) is 0 Å². The average molecular weight is 1260 g/mol. The summed E-state index contributed by atoms with van der Waals surface area (Å²) in [5, 5.41) is 8.76. The van der Waals surface area contributed by atoms with Gasteiger partial charge in [0.05, 0.1) is 66.1 Å². The van der Waals surface area contributed by atoms with Gasteiger partial charge in [-0.2, -0.15) is 0 Å². The molecule has 21 nitrogen and oxygen atoms in total. The van der Waals surface area contributed by atoms with E-state index >= 15 is 0 Å². The monoisotopic (exact) mass is 1260 g/mol. The van der Waals surface area contributed by atoms with Gasteiger partial charge in [0.1, 0.15) is 0 Å². The molecule has 0 spiro atoms. The standard InChI is InChI=1S/C68H110O21/c69-47-24-2-14-36-59(70)80-48-25-3-15-37-60(71)81-49-26-4-16-38-61(72)82-50-27-5-17-39-62(73)83-51-28-6-18-40-63(74)84-52-29-7-19-41-64(75)85-53-30-8-20-42-65(76)86-54-31-9-21-43-66(77)87-55-32-10-22-44-67(78)88-56-33-11-23-45-68(79)89-57-46-58-34-12-1-13-35-58/h1,12-13,34-35,69H,2-11,14-33,36-57H2. The summed E-state index contributed by atoms with van der Waals surface area (Å²) in [5.74, 6) is -2.61. The van der Waals surface area contributed by atoms with Crippen molar-refractivity contribution in [3.05, 3.63) is 35.9 Å². The number of esters is 10. The highest BCUT2D eigenvalue weighted by molar-refractivity contribution is 5.72. The molecule has 0 saturated carbocycles. The van der Waals surface area contributed by atoms with Crippen molar-refractivity contribution < 1.29 is 100 Å². The van der Waals surface area contributed by atoms with Crippen LogP contribution in [-0.4, -0.2) is 137 Å². The molecular weight excluding hydrogens is 1150 g/mol. The second-order valence-electron chi connectivity index (χ2n) is 22.3. The van der Waals surface area contributed by atoms with Crippen molar-refractivity contribution in [3.8, 4) is 0 Å². The summed E-state index contributed by atoms with van der Waals surface area (Å²) >= 11 is 0. The van der Waals surface area contributed by atoms with Gasteiger partial charge in [-0.25, -0.2) is 0 Å². The molecule has 0 heterocycles. The zero-order valence-corrected chi connectivity index (χ0v) is 53.8. The molecule has 0 saturated heterocycles. The van der Waals surface area contributed by atoms with Gasteiger partial charge in [-0.3, -0.25) is 47.9 Å². The predicted octanol–water partition coefficient (Wildman–Crippen LogP) is 12.3. The van der Waals surface area contributed by atoms with Gasteiger partial charge in [0, 0.05) is 77.2 Å². The smallest absolute Gasteiger partial charge is 0.305 e. The van der Waals surface area contributed by atoms with Crippen LogP contribution in [0.25, 0.3) is 0 Å². The Morgan fingerprint density at radius 2 is 0.382 bits per heavy atom. The first kappa shape index (κ1) is 80.9. The molecule has 0 fully saturated rings. The molecule has 89 heavy (non-hydrogen) atoms. The number of hydrogen-bond donors (Lipinski definition) is 1. The number of aliphatic hydroxyl groups excluding tert-OH is 1. The van der Waals surface area contributed by atoms with E-state index in [0.717, 1.165) is 69.8 Å². The van der Waals surface area contributed by atoms with Crippen molar-refractivity contribution in [2.75, 3.05) is 72.7 Å². The molecule has 1 rings (SSSR count). The largest absolute Gasteiger partial charge is 0.466 e. The Balaban J connectivity index is 1.80. The van der Waals surface area contributed by atoms with E-state index in [0.29, 0.717) is 220 Å². The SMILES string of the molecule is O=C(CCCCCO)OCCCCCC(=O)OCCCCCC(=O)OCCCCCC(=O)OCCCCCC(=O)OCCCCCC(=O)OCCCCCC(=O)OCCCCCC(=O)OCCCCCC(=O)OCCCCCC(=O)OCCc1ccccc1. The number of carbonyl (C=O) groups is 10. The van der Waals surface area contributed by atoms with E-state index in [2.05, 4.69) is 0 Å². The van der Waals surface area contributed by atoms with Gasteiger partial charge in [-0.1, -0.05) is 36.8 Å². The minimum atomic E-state index is -0.280. The maximum atomic E-state index is 12.1. The first-order chi connectivity index (χ1) is 43.4. The summed E-state index contributed by atoms with van der Waals surface area (Å²) in [7, 11) is 0. The maximum absolute atomic E-state index is 12.1. The van der Waals surface area contributed by atoms with Crippen LogP contribution >= 0.6 is 0 Å². The molecule has 0 amide bonds. The zero-order valence-electron chi connectivity index (χ0n) is 53.8. The van der Waals surface area contributed by atoms with Crippen molar-refractivity contribution in [2.24, 2.45) is 0 Å². The van der Waals surface area contributed by atoms with Crippen molar-refractivity contribution >= 4 is 59.7 Å². The van der Waals surface area contributed by atoms with Crippen LogP contribution in [0.5, 0.6) is 0 Å². The molecule has 1 N–H and O–H groups in total. The predicted molar refractivity (Wildman–Crippen MR) is 332 cm³/mol. The summed E-state index contributed by atoms with van der Waals surface area (Å²) in [5.41, 5.74) is 1.13. The number of benzene rings is 1. The highest BCUT2D eigenvalue weighted by atomic mass is 16.6. The fraction of sp³-hybridized carbons (Fsp3) is 0.765. The number of aliphatic hydroxyl groups is 1. The number of ether oxygens (including phenoxy) is 10. The number of unbranched alkanes of at least 4 members (excludes halogenated alkanes) is 20. The summed E-state index contributed by atoms with van der Waals surface area (Å²) in [6, 6.07) is 9.86. The maximum Gasteiger partial charge on any atom is 0.305 e. The van der Waals surface area contributed by atoms with Gasteiger partial charge in [-0.15, -0.1) is 0 Å². The Kier molecular flexibility index (Phi) is 55.2. The van der Waals surface area contributed by atoms with Crippen molar-refractivity contribution in [2.45, 2.75) is 263 Å². The third-order valence-corrected chi connectivity index (χ3v) is 14.1. The second-order valence-corrected chi connectivity index (χ2v) is 22.3. The molecule has 508 valence electrons. The third-order valence-electron chi connectivity index (χ3n) is 14.1. The van der Waals surface area contributed by atoms with Crippen LogP contribution in [0.3, 0.4) is 0 Å². The van der Waals surface area contributed by atoms with Gasteiger partial charge in [0.15, 0.2) is 0 Å². The van der Waals surface area contributed by atoms with E-state index in [1.807, 2.05) is 30.3 Å². The average Bonchev–Trinajstić information content (AvgIpc) is 3.53. The minimum Gasteiger partial charge on any atom is -0.466 e. The third kappa shape index (κ3) is 58.0. The van der Waals surface area contributed by atoms with Crippen molar-refractivity contribution in [1.82, 2.24) is 0 Å². The molecule has 0 unspecified atom stereocenters. The summed E-state index contributed by atoms with van der Waals surface area (Å²) in [4.78, 5) is 120. The van der Waals surface area contributed by atoms with Crippen LogP contribution in [0, 0.1) is 0 Å². The molecule has 1 aromatic rings. The minimum absolute atomic E-state index is 0.131. The molecule has 0 aromatic heterocycles. The lowest BCUT2D eigenvalue weighted by Crippen LogP contribution is -2.09. The molecule has 0 radical (unpaired) electrons. The van der Waals surface area contributed by atoms with Gasteiger partial charge < -0.3 is 52.5 Å². The molecule has 0 atom stereocenters. The van der Waals surface area contributed by atoms with Crippen LogP contribution in [0.2, 0.25) is 0 Å². The van der Waals surface area contributed by atoms with Crippen LogP contribution in [0.4, 0.5) is 0 Å². The van der Waals surface area contributed by atoms with Crippen LogP contribution in [0.1, 0.15) is 262 Å². The second kappa shape index (κ2) is 60.8. The zero-order chi connectivity index (χ0) is 64.7. The van der Waals surface area contributed by atoms with E-state index in [4.69, 9.17) is 52.5 Å². The quantitative estimate of drug-likeness (QED) is 0.0360. The van der Waals surface area contributed by atoms with E-state index in [9.17, 15) is 47.9 Å². The normalized spacial score (nSPS) is 10.8. The Morgan fingerprint density at radius 1 is 0.213 bits per heavy atom. The van der Waals surface area contributed by atoms with Crippen molar-refractivity contribution in [3.63, 3.8) is 0 Å². The van der Waals surface area contributed by atoms with Crippen LogP contribution in [0.15, 0.2) is 30.3 Å². The molecule has 0 aliphatic heterocycles. The fourth-order valence-electron chi connectivity index (χ4n) is 8.81. The van der Waals surface area contributed by atoms with E-state index in [1.54, 1.807) is 0 Å². The number of hydrogen-bond acceptors (Lipinski definition) is 21. The topological polar surface area (TPSA) is 283 Å². The fourth-order valence-corrected chi connectivity index (χ4v) is 8.81. The van der Waals surface area contributed by atoms with Gasteiger partial charge in [0.2, 0.25) is 0 Å². The molecular formula is C68H110O21. The number of rotatable bonds is 62.